The van der Waals surface area contributed by atoms with Gasteiger partial charge >= 0.3 is 0 Å². The van der Waals surface area contributed by atoms with Crippen LogP contribution in [0.2, 0.25) is 0 Å². The molecule has 0 fully saturated rings. The summed E-state index contributed by atoms with van der Waals surface area (Å²) in [6, 6.07) is 0. The van der Waals surface area contributed by atoms with Crippen LogP contribution in [0.15, 0.2) is 0 Å². The molecule has 0 aromatic rings. The molecule has 0 amide bonds. The Hall–Kier alpha value is 2.62. The first kappa shape index (κ1) is 30.4. The van der Waals surface area contributed by atoms with Crippen LogP contribution in [0.5, 0.6) is 0 Å². The van der Waals surface area contributed by atoms with Crippen LogP contribution in [-0.4, -0.2) is 17.4 Å². The third-order valence-electron chi connectivity index (χ3n) is 0. The molecule has 0 rings (SSSR count). The Kier molecular flexibility index (Phi) is 133. The van der Waals surface area contributed by atoms with Crippen LogP contribution >= 0.6 is 0 Å². The first-order valence-corrected chi connectivity index (χ1v) is 0. The molecule has 0 heterocycles. The van der Waals surface area contributed by atoms with E-state index in [9.17, 15) is 0 Å². The van der Waals surface area contributed by atoms with Gasteiger partial charge < -0.3 is 0 Å². The van der Waals surface area contributed by atoms with Crippen LogP contribution in [0, 0.1) is 0 Å². The first-order chi connectivity index (χ1) is 0. The van der Waals surface area contributed by atoms with Crippen molar-refractivity contribution in [3.63, 3.8) is 0 Å². The van der Waals surface area contributed by atoms with Crippen LogP contribution in [0.25, 0.3) is 0 Å². The molecule has 0 unspecified atom stereocenters. The quantitative estimate of drug-likeness (QED) is 0.347. The summed E-state index contributed by atoms with van der Waals surface area (Å²) in [6.07, 6.45) is 0. The summed E-state index contributed by atoms with van der Waals surface area (Å²) < 4.78 is 0. The maximum absolute atomic E-state index is 0. The van der Waals surface area contributed by atoms with Gasteiger partial charge in [-0.05, 0) is 0 Å². The topological polar surface area (TPSA) is 0 Å². The van der Waals surface area contributed by atoms with Gasteiger partial charge in [0.2, 0.25) is 0 Å². The van der Waals surface area contributed by atoms with Crippen LogP contribution in [0.1, 0.15) is 0 Å². The van der Waals surface area contributed by atoms with E-state index in [1.54, 1.807) is 0 Å². The molecular weight excluding hydrogens is 525 g/mol. The molecule has 0 spiro atoms. The molecule has 0 aliphatic rings. The molecule has 0 saturated heterocycles. The molecule has 4 heavy (non-hydrogen) atoms. The van der Waals surface area contributed by atoms with E-state index >= 15 is 0 Å². The second-order valence-electron chi connectivity index (χ2n) is 0. The minimum Gasteiger partial charge on any atom is 0 e. The van der Waals surface area contributed by atoms with Gasteiger partial charge in [-0.3, -0.25) is 0 Å². The zero-order valence-electron chi connectivity index (χ0n) is 0.934. The van der Waals surface area contributed by atoms with Crippen molar-refractivity contribution in [2.75, 3.05) is 0 Å². The summed E-state index contributed by atoms with van der Waals surface area (Å²) in [5.41, 5.74) is 0. The first-order valence-electron chi connectivity index (χ1n) is 0. The molecule has 0 aliphatic carbocycles. The van der Waals surface area contributed by atoms with Gasteiger partial charge in [-0.25, -0.2) is 0 Å². The number of rotatable bonds is 0. The molecule has 0 atom stereocenters. The molecule has 37 valence electrons. The maximum atomic E-state index is 0. The zero-order chi connectivity index (χ0) is 0. The third kappa shape index (κ3) is 8.82. The van der Waals surface area contributed by atoms with Crippen molar-refractivity contribution in [3.05, 3.63) is 0 Å². The predicted molar refractivity (Wildman–Crippen MR) is 9.94 cm³/mol. The van der Waals surface area contributed by atoms with Gasteiger partial charge in [0, 0.05) is 63.9 Å². The summed E-state index contributed by atoms with van der Waals surface area (Å²) >= 11 is 0. The van der Waals surface area contributed by atoms with Crippen molar-refractivity contribution in [3.8, 4) is 0 Å². The van der Waals surface area contributed by atoms with E-state index in [0.29, 0.717) is 0 Å². The standard InChI is InChI=1S/Al.Au.Pd.Pt.3H. The number of hydrogen-bond acceptors (Lipinski definition) is 0. The summed E-state index contributed by atoms with van der Waals surface area (Å²) in [7, 11) is 0. The minimum absolute atomic E-state index is 0. The molecule has 0 nitrogen and oxygen atoms in total. The Morgan fingerprint density at radius 1 is 1.00 bits per heavy atom. The minimum atomic E-state index is 0. The Labute approximate surface area is 80.0 Å². The average Bonchev–Trinajstić information content (AvgIpc) is 0. The van der Waals surface area contributed by atoms with E-state index in [-0.39, 0.29) is 81.2 Å². The normalized spacial score (nSPS) is 0. The predicted octanol–water partition coefficient (Wildman–Crippen LogP) is -1.19. The summed E-state index contributed by atoms with van der Waals surface area (Å²) in [5.74, 6) is 0. The molecule has 4 heteroatoms. The molecule has 0 N–H and O–H groups in total. The number of hydrogen-bond donors (Lipinski definition) is 0. The Bertz CT molecular complexity index is 8.00. The second-order valence-corrected chi connectivity index (χ2v) is 0. The fourth-order valence-corrected chi connectivity index (χ4v) is 0. The van der Waals surface area contributed by atoms with Gasteiger partial charge in [0.1, 0.15) is 0 Å². The molecule has 0 aliphatic heterocycles. The molecule has 0 saturated carbocycles. The van der Waals surface area contributed by atoms with Crippen LogP contribution in [0.4, 0.5) is 0 Å². The Balaban J connectivity index is 0. The van der Waals surface area contributed by atoms with E-state index in [1.165, 1.54) is 0 Å². The van der Waals surface area contributed by atoms with Crippen molar-refractivity contribution in [2.24, 2.45) is 0 Å². The zero-order valence-corrected chi connectivity index (χ0v) is 6.93. The van der Waals surface area contributed by atoms with Crippen LogP contribution < -0.4 is 0 Å². The van der Waals surface area contributed by atoms with Gasteiger partial charge in [0.15, 0.2) is 17.4 Å². The van der Waals surface area contributed by atoms with Crippen LogP contribution in [-0.2, 0) is 63.9 Å². The van der Waals surface area contributed by atoms with E-state index in [2.05, 4.69) is 0 Å². The van der Waals surface area contributed by atoms with E-state index in [0.717, 1.165) is 0 Å². The van der Waals surface area contributed by atoms with Crippen LogP contribution in [0.3, 0.4) is 0 Å². The van der Waals surface area contributed by atoms with Gasteiger partial charge in [-0.1, -0.05) is 0 Å². The molecule has 0 aromatic carbocycles. The summed E-state index contributed by atoms with van der Waals surface area (Å²) in [4.78, 5) is 0. The molecular formula is H3AlAuPdPt. The molecule has 0 bridgehead atoms. The third-order valence-corrected chi connectivity index (χ3v) is 0. The van der Waals surface area contributed by atoms with E-state index in [1.807, 2.05) is 0 Å². The largest absolute Gasteiger partial charge is 0.187 e. The van der Waals surface area contributed by atoms with Crippen molar-refractivity contribution in [1.82, 2.24) is 0 Å². The van der Waals surface area contributed by atoms with Crippen molar-refractivity contribution < 1.29 is 63.9 Å². The Morgan fingerprint density at radius 3 is 1.00 bits per heavy atom. The van der Waals surface area contributed by atoms with Crippen molar-refractivity contribution >= 4 is 17.4 Å². The fraction of sp³-hybridized carbons (Fsp3) is 0. The fourth-order valence-electron chi connectivity index (χ4n) is 0. The summed E-state index contributed by atoms with van der Waals surface area (Å²) in [6.45, 7) is 0. The Morgan fingerprint density at radius 2 is 1.00 bits per heavy atom. The second kappa shape index (κ2) is 17.5. The van der Waals surface area contributed by atoms with Crippen molar-refractivity contribution in [2.45, 2.75) is 0 Å². The van der Waals surface area contributed by atoms with Gasteiger partial charge in [-0.2, -0.15) is 0 Å². The maximum Gasteiger partial charge on any atom is 0.187 e. The average molecular weight is 528 g/mol. The van der Waals surface area contributed by atoms with E-state index < -0.39 is 0 Å². The van der Waals surface area contributed by atoms with Gasteiger partial charge in [-0.15, -0.1) is 0 Å². The smallest absolute Gasteiger partial charge is 0 e. The monoisotopic (exact) mass is 528 g/mol. The SMILES string of the molecule is [AlH3].[Au].[Pd].[Pt]. The molecule has 1 radical (unpaired) electrons. The molecule has 0 aromatic heterocycles. The van der Waals surface area contributed by atoms with Crippen molar-refractivity contribution in [1.29, 1.82) is 0 Å². The van der Waals surface area contributed by atoms with Gasteiger partial charge in [0.25, 0.3) is 0 Å². The summed E-state index contributed by atoms with van der Waals surface area (Å²) in [5, 5.41) is 0. The van der Waals surface area contributed by atoms with Gasteiger partial charge in [0.05, 0.1) is 0 Å². The van der Waals surface area contributed by atoms with E-state index in [4.69, 9.17) is 0 Å².